The van der Waals surface area contributed by atoms with Crippen LogP contribution in [0, 0.1) is 0 Å². The minimum absolute atomic E-state index is 0.0325. The molecular formula is C20H24ClN7O. The monoisotopic (exact) mass is 413 g/mol. The number of halogens is 1. The molecule has 1 atom stereocenters. The van der Waals surface area contributed by atoms with Gasteiger partial charge in [0, 0.05) is 44.8 Å². The van der Waals surface area contributed by atoms with Crippen LogP contribution in [0.15, 0.2) is 36.8 Å². The van der Waals surface area contributed by atoms with Crippen LogP contribution in [0.5, 0.6) is 0 Å². The van der Waals surface area contributed by atoms with E-state index in [0.29, 0.717) is 11.6 Å². The number of nitrogens with zero attached hydrogens (tertiary/aromatic N) is 6. The maximum absolute atomic E-state index is 12.6. The minimum atomic E-state index is -0.187. The van der Waals surface area contributed by atoms with E-state index >= 15 is 0 Å². The van der Waals surface area contributed by atoms with Crippen molar-refractivity contribution in [3.8, 4) is 0 Å². The first-order chi connectivity index (χ1) is 14.0. The van der Waals surface area contributed by atoms with Gasteiger partial charge in [-0.15, -0.1) is 0 Å². The normalized spacial score (nSPS) is 16.2. The highest BCUT2D eigenvalue weighted by Crippen LogP contribution is 2.23. The summed E-state index contributed by atoms with van der Waals surface area (Å²) in [6.07, 6.45) is 3.39. The van der Waals surface area contributed by atoms with Gasteiger partial charge in [0.05, 0.1) is 17.6 Å². The third-order valence-corrected chi connectivity index (χ3v) is 5.68. The third kappa shape index (κ3) is 4.18. The molecule has 1 unspecified atom stereocenters. The Morgan fingerprint density at radius 1 is 1.17 bits per heavy atom. The molecule has 4 rings (SSSR count). The molecule has 0 radical (unpaired) electrons. The topological polar surface area (TPSA) is 79.2 Å². The first kappa shape index (κ1) is 19.6. The van der Waals surface area contributed by atoms with Gasteiger partial charge >= 0.3 is 0 Å². The number of aromatic nitrogens is 4. The Morgan fingerprint density at radius 2 is 1.90 bits per heavy atom. The molecule has 9 heteroatoms. The number of benzene rings is 1. The van der Waals surface area contributed by atoms with Crippen LogP contribution in [-0.2, 0) is 18.4 Å². The second kappa shape index (κ2) is 8.34. The second-order valence-corrected chi connectivity index (χ2v) is 7.68. The Bertz CT molecular complexity index is 996. The Hall–Kier alpha value is -2.71. The number of amides is 1. The Kier molecular flexibility index (Phi) is 5.64. The molecule has 0 bridgehead atoms. The van der Waals surface area contributed by atoms with E-state index in [0.717, 1.165) is 48.6 Å². The average molecular weight is 414 g/mol. The molecule has 1 fully saturated rings. The van der Waals surface area contributed by atoms with E-state index in [-0.39, 0.29) is 11.9 Å². The number of nitrogens with one attached hydrogen (secondary N) is 1. The summed E-state index contributed by atoms with van der Waals surface area (Å²) < 4.78 is 1.75. The van der Waals surface area contributed by atoms with Crippen molar-refractivity contribution < 1.29 is 4.79 Å². The number of carbonyl (C=O) groups excluding carboxylic acids is 1. The first-order valence-electron chi connectivity index (χ1n) is 9.67. The summed E-state index contributed by atoms with van der Waals surface area (Å²) in [7, 11) is 1.88. The molecule has 1 N–H and O–H groups in total. The maximum atomic E-state index is 12.6. The molecule has 2 aromatic heterocycles. The van der Waals surface area contributed by atoms with Gasteiger partial charge in [-0.25, -0.2) is 9.97 Å². The highest BCUT2D eigenvalue weighted by molar-refractivity contribution is 6.30. The van der Waals surface area contributed by atoms with Crippen LogP contribution in [0.4, 0.5) is 5.82 Å². The standard InChI is InChI=1S/C20H24ClN7O/c1-14(20(29)22-11-15-3-5-16(21)6-4-15)27-7-9-28(10-8-27)19-17-12-25-26(2)18(17)23-13-24-19/h3-6,12-14H,7-11H2,1-2H3,(H,22,29). The van der Waals surface area contributed by atoms with E-state index in [2.05, 4.69) is 30.2 Å². The second-order valence-electron chi connectivity index (χ2n) is 7.25. The Morgan fingerprint density at radius 3 is 2.62 bits per heavy atom. The maximum Gasteiger partial charge on any atom is 0.237 e. The zero-order chi connectivity index (χ0) is 20.4. The summed E-state index contributed by atoms with van der Waals surface area (Å²) in [4.78, 5) is 25.8. The number of fused-ring (bicyclic) bond motifs is 1. The Labute approximate surface area is 174 Å². The third-order valence-electron chi connectivity index (χ3n) is 5.43. The molecule has 0 aliphatic carbocycles. The predicted octanol–water partition coefficient (Wildman–Crippen LogP) is 1.84. The summed E-state index contributed by atoms with van der Waals surface area (Å²) in [5.41, 5.74) is 1.86. The van der Waals surface area contributed by atoms with Crippen LogP contribution in [-0.4, -0.2) is 62.8 Å². The molecule has 152 valence electrons. The van der Waals surface area contributed by atoms with E-state index in [1.165, 1.54) is 0 Å². The van der Waals surface area contributed by atoms with Crippen LogP contribution in [0.3, 0.4) is 0 Å². The van der Waals surface area contributed by atoms with Crippen LogP contribution in [0.2, 0.25) is 5.02 Å². The van der Waals surface area contributed by atoms with Gasteiger partial charge in [0.1, 0.15) is 12.1 Å². The van der Waals surface area contributed by atoms with Crippen molar-refractivity contribution >= 4 is 34.4 Å². The van der Waals surface area contributed by atoms with E-state index in [9.17, 15) is 4.79 Å². The van der Waals surface area contributed by atoms with Crippen molar-refractivity contribution in [2.75, 3.05) is 31.1 Å². The smallest absolute Gasteiger partial charge is 0.237 e. The van der Waals surface area contributed by atoms with Gasteiger partial charge in [-0.3, -0.25) is 14.4 Å². The molecule has 0 saturated carbocycles. The van der Waals surface area contributed by atoms with Gasteiger partial charge in [-0.2, -0.15) is 5.10 Å². The van der Waals surface area contributed by atoms with Crippen molar-refractivity contribution in [1.29, 1.82) is 0 Å². The average Bonchev–Trinajstić information content (AvgIpc) is 3.14. The lowest BCUT2D eigenvalue weighted by atomic mass is 10.2. The number of piperazine rings is 1. The predicted molar refractivity (Wildman–Crippen MR) is 113 cm³/mol. The fraction of sp³-hybridized carbons (Fsp3) is 0.400. The van der Waals surface area contributed by atoms with Gasteiger partial charge in [-0.1, -0.05) is 23.7 Å². The lowest BCUT2D eigenvalue weighted by Gasteiger charge is -2.38. The van der Waals surface area contributed by atoms with Crippen LogP contribution >= 0.6 is 11.6 Å². The molecular weight excluding hydrogens is 390 g/mol. The lowest BCUT2D eigenvalue weighted by molar-refractivity contribution is -0.126. The van der Waals surface area contributed by atoms with Crippen molar-refractivity contribution in [3.05, 3.63) is 47.4 Å². The molecule has 3 heterocycles. The van der Waals surface area contributed by atoms with Gasteiger partial charge in [0.2, 0.25) is 5.91 Å². The van der Waals surface area contributed by atoms with Crippen molar-refractivity contribution in [2.45, 2.75) is 19.5 Å². The quantitative estimate of drug-likeness (QED) is 0.687. The molecule has 0 spiro atoms. The van der Waals surface area contributed by atoms with E-state index in [1.54, 1.807) is 11.0 Å². The molecule has 1 aliphatic heterocycles. The van der Waals surface area contributed by atoms with E-state index in [4.69, 9.17) is 11.6 Å². The van der Waals surface area contributed by atoms with Gasteiger partial charge in [-0.05, 0) is 24.6 Å². The molecule has 1 aromatic carbocycles. The van der Waals surface area contributed by atoms with Crippen LogP contribution in [0.25, 0.3) is 11.0 Å². The zero-order valence-corrected chi connectivity index (χ0v) is 17.3. The molecule has 1 saturated heterocycles. The lowest BCUT2D eigenvalue weighted by Crippen LogP contribution is -2.54. The summed E-state index contributed by atoms with van der Waals surface area (Å²) in [6.45, 7) is 5.64. The van der Waals surface area contributed by atoms with Crippen molar-refractivity contribution in [2.24, 2.45) is 7.05 Å². The van der Waals surface area contributed by atoms with E-state index in [1.807, 2.05) is 44.4 Å². The number of hydrogen-bond donors (Lipinski definition) is 1. The highest BCUT2D eigenvalue weighted by atomic mass is 35.5. The Balaban J connectivity index is 1.33. The number of carbonyl (C=O) groups is 1. The largest absolute Gasteiger partial charge is 0.353 e. The van der Waals surface area contributed by atoms with Crippen molar-refractivity contribution in [3.63, 3.8) is 0 Å². The fourth-order valence-electron chi connectivity index (χ4n) is 3.63. The summed E-state index contributed by atoms with van der Waals surface area (Å²) in [6, 6.07) is 7.32. The van der Waals surface area contributed by atoms with Gasteiger partial charge in [0.15, 0.2) is 5.65 Å². The molecule has 3 aromatic rings. The highest BCUT2D eigenvalue weighted by Gasteiger charge is 2.27. The number of anilines is 1. The SMILES string of the molecule is CC(C(=O)NCc1ccc(Cl)cc1)N1CCN(c2ncnc3c2cnn3C)CC1. The number of aryl methyl sites for hydroxylation is 1. The van der Waals surface area contributed by atoms with Crippen molar-refractivity contribution in [1.82, 2.24) is 30.0 Å². The first-order valence-corrected chi connectivity index (χ1v) is 10.0. The fourth-order valence-corrected chi connectivity index (χ4v) is 3.75. The summed E-state index contributed by atoms with van der Waals surface area (Å²) >= 11 is 5.91. The van der Waals surface area contributed by atoms with E-state index < -0.39 is 0 Å². The molecule has 8 nitrogen and oxygen atoms in total. The minimum Gasteiger partial charge on any atom is -0.353 e. The molecule has 1 aliphatic rings. The van der Waals surface area contributed by atoms with Crippen LogP contribution in [0.1, 0.15) is 12.5 Å². The zero-order valence-electron chi connectivity index (χ0n) is 16.5. The number of hydrogen-bond acceptors (Lipinski definition) is 6. The van der Waals surface area contributed by atoms with Crippen LogP contribution < -0.4 is 10.2 Å². The van der Waals surface area contributed by atoms with Gasteiger partial charge < -0.3 is 10.2 Å². The number of rotatable bonds is 5. The summed E-state index contributed by atoms with van der Waals surface area (Å²) in [5.74, 6) is 0.938. The molecule has 1 amide bonds. The molecule has 29 heavy (non-hydrogen) atoms. The van der Waals surface area contributed by atoms with Gasteiger partial charge in [0.25, 0.3) is 0 Å². The summed E-state index contributed by atoms with van der Waals surface area (Å²) in [5, 5.41) is 8.95.